The van der Waals surface area contributed by atoms with Gasteiger partial charge in [0.25, 0.3) is 0 Å². The number of pyridine rings is 1. The number of rotatable bonds is 3. The molecule has 0 bridgehead atoms. The molecule has 1 fully saturated rings. The van der Waals surface area contributed by atoms with Gasteiger partial charge in [0, 0.05) is 38.3 Å². The number of hydrogen-bond acceptors (Lipinski definition) is 3. The first-order valence-electron chi connectivity index (χ1n) is 7.03. The van der Waals surface area contributed by atoms with Crippen LogP contribution in [0.15, 0.2) is 42.6 Å². The van der Waals surface area contributed by atoms with Crippen LogP contribution < -0.4 is 9.80 Å². The molecule has 0 radical (unpaired) electrons. The van der Waals surface area contributed by atoms with Crippen LogP contribution in [0, 0.1) is 0 Å². The Balaban J connectivity index is 1.66. The second-order valence-electron chi connectivity index (χ2n) is 5.08. The predicted octanol–water partition coefficient (Wildman–Crippen LogP) is 3.80. The van der Waals surface area contributed by atoms with Crippen LogP contribution in [0.2, 0.25) is 5.02 Å². The average Bonchev–Trinajstić information content (AvgIpc) is 2.56. The summed E-state index contributed by atoms with van der Waals surface area (Å²) in [7, 11) is 0. The number of alkyl halides is 1. The van der Waals surface area contributed by atoms with Gasteiger partial charge >= 0.3 is 0 Å². The molecule has 0 saturated carbocycles. The second kappa shape index (κ2) is 6.54. The Labute approximate surface area is 135 Å². The molecule has 1 aromatic carbocycles. The molecule has 0 spiro atoms. The Kier molecular flexibility index (Phi) is 4.51. The summed E-state index contributed by atoms with van der Waals surface area (Å²) in [6, 6.07) is 12.1. The topological polar surface area (TPSA) is 19.4 Å². The maximum absolute atomic E-state index is 6.26. The zero-order chi connectivity index (χ0) is 14.7. The van der Waals surface area contributed by atoms with Crippen molar-refractivity contribution in [2.24, 2.45) is 0 Å². The average molecular weight is 322 g/mol. The lowest BCUT2D eigenvalue weighted by Gasteiger charge is -2.37. The normalized spacial score (nSPS) is 15.3. The third-order valence-corrected chi connectivity index (χ3v) is 4.39. The molecular formula is C16H17Cl2N3. The highest BCUT2D eigenvalue weighted by Gasteiger charge is 2.19. The maximum atomic E-state index is 6.26. The van der Waals surface area contributed by atoms with Crippen molar-refractivity contribution in [3.63, 3.8) is 0 Å². The van der Waals surface area contributed by atoms with Crippen LogP contribution in [0.4, 0.5) is 11.5 Å². The summed E-state index contributed by atoms with van der Waals surface area (Å²) in [5, 5.41) is 0.815. The predicted molar refractivity (Wildman–Crippen MR) is 89.7 cm³/mol. The summed E-state index contributed by atoms with van der Waals surface area (Å²) in [5.41, 5.74) is 2.17. The van der Waals surface area contributed by atoms with Crippen molar-refractivity contribution in [1.82, 2.24) is 4.98 Å². The molecule has 2 heterocycles. The molecule has 3 nitrogen and oxygen atoms in total. The Morgan fingerprint density at radius 1 is 0.952 bits per heavy atom. The van der Waals surface area contributed by atoms with E-state index in [0.717, 1.165) is 48.3 Å². The Morgan fingerprint density at radius 3 is 2.29 bits per heavy atom. The second-order valence-corrected chi connectivity index (χ2v) is 5.76. The Morgan fingerprint density at radius 2 is 1.67 bits per heavy atom. The Hall–Kier alpha value is -1.45. The van der Waals surface area contributed by atoms with E-state index in [0.29, 0.717) is 5.88 Å². The zero-order valence-corrected chi connectivity index (χ0v) is 13.2. The standard InChI is InChI=1S/C16H17Cl2N3/c17-11-13-5-6-16(19-12-13)21-9-7-20(8-10-21)15-4-2-1-3-14(15)18/h1-6,12H,7-11H2. The van der Waals surface area contributed by atoms with Crippen molar-refractivity contribution in [1.29, 1.82) is 0 Å². The summed E-state index contributed by atoms with van der Waals surface area (Å²) in [6.45, 7) is 3.78. The number of nitrogens with zero attached hydrogens (tertiary/aromatic N) is 3. The van der Waals surface area contributed by atoms with E-state index >= 15 is 0 Å². The molecule has 0 aliphatic carbocycles. The van der Waals surface area contributed by atoms with Gasteiger partial charge in [-0.2, -0.15) is 0 Å². The van der Waals surface area contributed by atoms with Gasteiger partial charge in [0.1, 0.15) is 5.82 Å². The van der Waals surface area contributed by atoms with E-state index in [9.17, 15) is 0 Å². The Bertz CT molecular complexity index is 593. The van der Waals surface area contributed by atoms with E-state index in [1.165, 1.54) is 0 Å². The van der Waals surface area contributed by atoms with E-state index in [2.05, 4.69) is 20.9 Å². The van der Waals surface area contributed by atoms with E-state index in [1.807, 2.05) is 36.5 Å². The lowest BCUT2D eigenvalue weighted by Crippen LogP contribution is -2.46. The SMILES string of the molecule is ClCc1ccc(N2CCN(c3ccccc3Cl)CC2)nc1. The van der Waals surface area contributed by atoms with Crippen molar-refractivity contribution in [2.45, 2.75) is 5.88 Å². The molecule has 2 aromatic rings. The highest BCUT2D eigenvalue weighted by Crippen LogP contribution is 2.26. The number of halogens is 2. The lowest BCUT2D eigenvalue weighted by atomic mass is 10.2. The maximum Gasteiger partial charge on any atom is 0.128 e. The quantitative estimate of drug-likeness (QED) is 0.801. The highest BCUT2D eigenvalue weighted by molar-refractivity contribution is 6.33. The van der Waals surface area contributed by atoms with Gasteiger partial charge < -0.3 is 9.80 Å². The van der Waals surface area contributed by atoms with Gasteiger partial charge in [-0.15, -0.1) is 11.6 Å². The molecule has 21 heavy (non-hydrogen) atoms. The largest absolute Gasteiger partial charge is 0.367 e. The van der Waals surface area contributed by atoms with Crippen LogP contribution in [0.5, 0.6) is 0 Å². The van der Waals surface area contributed by atoms with Gasteiger partial charge in [-0.1, -0.05) is 29.8 Å². The number of aromatic nitrogens is 1. The van der Waals surface area contributed by atoms with E-state index in [4.69, 9.17) is 23.2 Å². The van der Waals surface area contributed by atoms with Crippen LogP contribution in [-0.4, -0.2) is 31.2 Å². The number of hydrogen-bond donors (Lipinski definition) is 0. The fourth-order valence-electron chi connectivity index (χ4n) is 2.57. The molecular weight excluding hydrogens is 305 g/mol. The third-order valence-electron chi connectivity index (χ3n) is 3.76. The molecule has 1 aliphatic rings. The molecule has 0 N–H and O–H groups in total. The van der Waals surface area contributed by atoms with Crippen LogP contribution in [0.3, 0.4) is 0 Å². The van der Waals surface area contributed by atoms with Gasteiger partial charge in [0.05, 0.1) is 10.7 Å². The number of piperazine rings is 1. The summed E-state index contributed by atoms with van der Waals surface area (Å²) < 4.78 is 0. The summed E-state index contributed by atoms with van der Waals surface area (Å²) in [4.78, 5) is 9.11. The van der Waals surface area contributed by atoms with Crippen molar-refractivity contribution >= 4 is 34.7 Å². The number of anilines is 2. The van der Waals surface area contributed by atoms with Crippen molar-refractivity contribution in [2.75, 3.05) is 36.0 Å². The van der Waals surface area contributed by atoms with Gasteiger partial charge in [-0.05, 0) is 23.8 Å². The minimum Gasteiger partial charge on any atom is -0.367 e. The fraction of sp³-hybridized carbons (Fsp3) is 0.312. The molecule has 1 aromatic heterocycles. The lowest BCUT2D eigenvalue weighted by molar-refractivity contribution is 0.647. The fourth-order valence-corrected chi connectivity index (χ4v) is 2.98. The van der Waals surface area contributed by atoms with Crippen molar-refractivity contribution < 1.29 is 0 Å². The van der Waals surface area contributed by atoms with Crippen LogP contribution in [0.1, 0.15) is 5.56 Å². The van der Waals surface area contributed by atoms with Gasteiger partial charge in [0.2, 0.25) is 0 Å². The molecule has 0 amide bonds. The van der Waals surface area contributed by atoms with Crippen LogP contribution in [0.25, 0.3) is 0 Å². The first-order valence-corrected chi connectivity index (χ1v) is 7.94. The summed E-state index contributed by atoms with van der Waals surface area (Å²) in [5.74, 6) is 1.52. The monoisotopic (exact) mass is 321 g/mol. The van der Waals surface area contributed by atoms with Crippen LogP contribution in [-0.2, 0) is 5.88 Å². The van der Waals surface area contributed by atoms with E-state index in [-0.39, 0.29) is 0 Å². The van der Waals surface area contributed by atoms with Crippen molar-refractivity contribution in [3.05, 3.63) is 53.2 Å². The first-order chi connectivity index (χ1) is 10.3. The summed E-state index contributed by atoms with van der Waals surface area (Å²) >= 11 is 12.1. The molecule has 0 unspecified atom stereocenters. The third kappa shape index (κ3) is 3.25. The molecule has 3 rings (SSSR count). The van der Waals surface area contributed by atoms with Crippen LogP contribution >= 0.6 is 23.2 Å². The number of para-hydroxylation sites is 1. The van der Waals surface area contributed by atoms with E-state index in [1.54, 1.807) is 0 Å². The first kappa shape index (κ1) is 14.5. The van der Waals surface area contributed by atoms with E-state index < -0.39 is 0 Å². The zero-order valence-electron chi connectivity index (χ0n) is 11.7. The molecule has 5 heteroatoms. The minimum absolute atomic E-state index is 0.508. The van der Waals surface area contributed by atoms with Crippen molar-refractivity contribution in [3.8, 4) is 0 Å². The highest BCUT2D eigenvalue weighted by atomic mass is 35.5. The molecule has 1 saturated heterocycles. The summed E-state index contributed by atoms with van der Waals surface area (Å²) in [6.07, 6.45) is 1.85. The van der Waals surface area contributed by atoms with Gasteiger partial charge in [-0.25, -0.2) is 4.98 Å². The molecule has 1 aliphatic heterocycles. The molecule has 0 atom stereocenters. The molecule has 110 valence electrons. The number of benzene rings is 1. The van der Waals surface area contributed by atoms with Gasteiger partial charge in [-0.3, -0.25) is 0 Å². The smallest absolute Gasteiger partial charge is 0.128 e. The van der Waals surface area contributed by atoms with Gasteiger partial charge in [0.15, 0.2) is 0 Å². The minimum atomic E-state index is 0.508.